The first kappa shape index (κ1) is 102. The van der Waals surface area contributed by atoms with Crippen molar-refractivity contribution in [3.63, 3.8) is 0 Å². The van der Waals surface area contributed by atoms with Crippen molar-refractivity contribution in [2.24, 2.45) is 4.40 Å². The number of amides is 3. The lowest BCUT2D eigenvalue weighted by atomic mass is 9.92. The number of ether oxygens (including phenoxy) is 4. The first-order valence-corrected chi connectivity index (χ1v) is 44.6. The smallest absolute Gasteiger partial charge is 0.411 e. The van der Waals surface area contributed by atoms with Crippen molar-refractivity contribution in [1.82, 2.24) is 14.7 Å². The number of carbonyl (C=O) groups is 5. The molecular formula is C89H124Br2Cl4N4O13S2. The summed E-state index contributed by atoms with van der Waals surface area (Å²) in [6, 6.07) is 33.7. The molecule has 2 N–H and O–H groups in total. The molecule has 0 radical (unpaired) electrons. The summed E-state index contributed by atoms with van der Waals surface area (Å²) in [7, 11) is -1.88. The highest BCUT2D eigenvalue weighted by molar-refractivity contribution is 9.10. The van der Waals surface area contributed by atoms with E-state index >= 15 is 0 Å². The van der Waals surface area contributed by atoms with Crippen LogP contribution in [0.4, 0.5) is 14.4 Å². The summed E-state index contributed by atoms with van der Waals surface area (Å²) in [6.45, 7) is 47.0. The number of hydrogen-bond donors (Lipinski definition) is 2. The number of aliphatic hydroxyl groups excluding tert-OH is 1. The van der Waals surface area contributed by atoms with E-state index in [0.29, 0.717) is 47.8 Å². The van der Waals surface area contributed by atoms with Crippen molar-refractivity contribution in [2.45, 2.75) is 294 Å². The Kier molecular flexibility index (Phi) is 42.8. The molecule has 0 saturated carbocycles. The molecule has 632 valence electrons. The van der Waals surface area contributed by atoms with Gasteiger partial charge in [0.1, 0.15) is 27.8 Å². The van der Waals surface area contributed by atoms with E-state index in [0.717, 1.165) is 116 Å². The zero-order valence-corrected chi connectivity index (χ0v) is 79.0. The Morgan fingerprint density at radius 3 is 1.25 bits per heavy atom. The van der Waals surface area contributed by atoms with Gasteiger partial charge in [0.25, 0.3) is 0 Å². The van der Waals surface area contributed by atoms with Crippen LogP contribution in [0.1, 0.15) is 305 Å². The summed E-state index contributed by atoms with van der Waals surface area (Å²) in [4.78, 5) is 65.4. The number of aryl methyl sites for hydroxylation is 2. The maximum atomic E-state index is 12.5. The molecule has 17 nitrogen and oxygen atoms in total. The summed E-state index contributed by atoms with van der Waals surface area (Å²) in [5.74, 6) is -0.178. The summed E-state index contributed by atoms with van der Waals surface area (Å²) >= 11 is 30.2. The quantitative estimate of drug-likeness (QED) is 0.0376. The molecule has 0 bridgehead atoms. The van der Waals surface area contributed by atoms with Gasteiger partial charge in [0, 0.05) is 56.6 Å². The van der Waals surface area contributed by atoms with Gasteiger partial charge in [-0.25, -0.2) is 28.2 Å². The second-order valence-electron chi connectivity index (χ2n) is 32.5. The van der Waals surface area contributed by atoms with Crippen molar-refractivity contribution in [3.8, 4) is 0 Å². The fraction of sp³-hybridized carbons (Fsp3) is 0.528. The van der Waals surface area contributed by atoms with Crippen molar-refractivity contribution >= 4 is 136 Å². The van der Waals surface area contributed by atoms with E-state index in [9.17, 15) is 32.4 Å². The predicted octanol–water partition coefficient (Wildman–Crippen LogP) is 26.1. The number of unbranched alkanes of at least 4 members (excludes halogenated alkanes) is 1. The minimum atomic E-state index is -1.07. The molecule has 3 aliphatic heterocycles. The second-order valence-corrected chi connectivity index (χ2v) is 40.2. The van der Waals surface area contributed by atoms with Crippen molar-refractivity contribution < 1.29 is 61.6 Å². The molecule has 3 aliphatic rings. The number of benzene rings is 6. The van der Waals surface area contributed by atoms with Gasteiger partial charge in [0.2, 0.25) is 0 Å². The molecule has 3 amide bonds. The molecule has 9 rings (SSSR count). The van der Waals surface area contributed by atoms with Crippen LogP contribution in [0.25, 0.3) is 0 Å². The molecular weight excluding hydrogens is 1700 g/mol. The predicted molar refractivity (Wildman–Crippen MR) is 478 cm³/mol. The number of aromatic carboxylic acids is 1. The van der Waals surface area contributed by atoms with Gasteiger partial charge in [-0.05, 0) is 302 Å². The standard InChI is InChI=1S/C20H29NO4.C16H25ClOS.C16H21NO4.C15H20ClNO2.C8H8BrCl.C7H6BrClO.C7H15NOS/c1-6-8-11-24-18(22)14-9-10-16-15(12-14)13-21(17(16)7-2)19(23)25-20(3,4)5;1-6-12-10-14(17)8-9-15(12)13(7-2)11-19(18)16(3,4)5;1-5-13-12-7-6-10(14(18)19)8-11(12)9-17(13)15(20)21-16(2,3)4;1-5-13-12-7-6-11(16)8-10(12)9-17(13)14(18)19-15(2,3)4;1-2-6-5-7(10)3-4-8(6)9;8-7-2-1-6(9)3-5(7)4-10;1-5-6-8-10(9)7(2,3)4/h9-10,12,17H,6-8,11,13H2,1-5H3;8-10,13H,6-7,11H2,1-5H3;6-8,13H,5,9H2,1-4H3,(H,18,19);6-8,13H,5,9H2,1-4H3;3-5H,2H2,1H3;1-3,10H,4H2;6H,5H2,1-4H3/t17-;13-,19?;2*13-;;;10-/m0100..1/s1. The molecule has 25 heteroatoms. The molecule has 6 aromatic rings. The van der Waals surface area contributed by atoms with E-state index in [1.165, 1.54) is 22.3 Å². The molecule has 6 atom stereocenters. The number of aliphatic hydroxyl groups is 1. The largest absolute Gasteiger partial charge is 0.478 e. The van der Waals surface area contributed by atoms with Gasteiger partial charge >= 0.3 is 30.2 Å². The number of esters is 1. The lowest BCUT2D eigenvalue weighted by Crippen LogP contribution is -2.35. The number of carboxylic acid groups (broad SMARTS) is 1. The number of carboxylic acids is 1. The Hall–Kier alpha value is -5.88. The van der Waals surface area contributed by atoms with Gasteiger partial charge in [-0.3, -0.25) is 18.9 Å². The van der Waals surface area contributed by atoms with Crippen LogP contribution in [0, 0.1) is 0 Å². The van der Waals surface area contributed by atoms with Crippen LogP contribution >= 0.6 is 78.3 Å². The fourth-order valence-corrected chi connectivity index (χ4v) is 15.5. The van der Waals surface area contributed by atoms with E-state index in [2.05, 4.69) is 76.9 Å². The van der Waals surface area contributed by atoms with Gasteiger partial charge in [-0.2, -0.15) is 4.40 Å². The second kappa shape index (κ2) is 47.6. The molecule has 6 aromatic carbocycles. The Morgan fingerprint density at radius 2 is 0.895 bits per heavy atom. The summed E-state index contributed by atoms with van der Waals surface area (Å²) in [5, 5.41) is 20.8. The Bertz CT molecular complexity index is 4170. The highest BCUT2D eigenvalue weighted by Crippen LogP contribution is 2.41. The third kappa shape index (κ3) is 33.9. The van der Waals surface area contributed by atoms with Crippen LogP contribution in [0.15, 0.2) is 123 Å². The van der Waals surface area contributed by atoms with Crippen LogP contribution in [-0.4, -0.2) is 108 Å². The lowest BCUT2D eigenvalue weighted by Gasteiger charge is -2.28. The third-order valence-corrected chi connectivity index (χ3v) is 23.7. The van der Waals surface area contributed by atoms with Crippen LogP contribution in [-0.2, 0) is 79.8 Å². The van der Waals surface area contributed by atoms with E-state index in [-0.39, 0.29) is 64.0 Å². The van der Waals surface area contributed by atoms with Gasteiger partial charge in [-0.15, -0.1) is 0 Å². The molecule has 0 fully saturated rings. The maximum absolute atomic E-state index is 12.5. The molecule has 0 aromatic heterocycles. The minimum Gasteiger partial charge on any atom is -0.478 e. The van der Waals surface area contributed by atoms with Gasteiger partial charge in [-0.1, -0.05) is 164 Å². The monoisotopic (exact) mass is 1820 g/mol. The highest BCUT2D eigenvalue weighted by Gasteiger charge is 2.39. The van der Waals surface area contributed by atoms with Crippen LogP contribution in [0.3, 0.4) is 0 Å². The first-order chi connectivity index (χ1) is 53.0. The van der Waals surface area contributed by atoms with Crippen LogP contribution < -0.4 is 0 Å². The summed E-state index contributed by atoms with van der Waals surface area (Å²) in [5.41, 5.74) is 10.2. The van der Waals surface area contributed by atoms with Gasteiger partial charge in [0.05, 0.1) is 66.8 Å². The maximum Gasteiger partial charge on any atom is 0.411 e. The fourth-order valence-electron chi connectivity index (χ4n) is 12.0. The average Bonchev–Trinajstić information content (AvgIpc) is 1.58. The first-order valence-electron chi connectivity index (χ1n) is 39.1. The zero-order valence-electron chi connectivity index (χ0n) is 71.1. The molecule has 0 spiro atoms. The Balaban J connectivity index is 0.000000353. The number of carbonyl (C=O) groups excluding carboxylic acids is 4. The molecule has 0 aliphatic carbocycles. The third-order valence-electron chi connectivity index (χ3n) is 17.8. The Labute approximate surface area is 722 Å². The number of halogens is 6. The summed E-state index contributed by atoms with van der Waals surface area (Å²) in [6.07, 6.45) is 8.88. The number of hydrogen-bond acceptors (Lipinski definition) is 12. The average molecular weight is 1820 g/mol. The van der Waals surface area contributed by atoms with Gasteiger partial charge in [0.15, 0.2) is 0 Å². The van der Waals surface area contributed by atoms with Crippen molar-refractivity contribution in [2.75, 3.05) is 12.4 Å². The number of rotatable bonds is 17. The number of fused-ring (bicyclic) bond motifs is 3. The zero-order chi connectivity index (χ0) is 86.6. The SMILES string of the molecule is CCC=N[S@](=O)C(C)(C)C.CCCCOC(=O)c1ccc2c(c1)CN(C(=O)OC(C)(C)C)[C@H]2CC.CC[C@H]1c2ccc(C(=O)O)cc2CN1C(=O)OC(C)(C)C.CC[C@H]1c2ccc(Cl)cc2CN1C(=O)OC(C)(C)C.CCc1cc(Cl)ccc1Br.CCc1cc(Cl)ccc1[C@H](CC)CS(=O)C(C)(C)C.OCc1cc(Cl)ccc1Br. The Morgan fingerprint density at radius 1 is 0.518 bits per heavy atom. The van der Waals surface area contributed by atoms with Crippen molar-refractivity contribution in [1.29, 1.82) is 0 Å². The molecule has 0 saturated heterocycles. The van der Waals surface area contributed by atoms with E-state index < -0.39 is 44.6 Å². The topological polar surface area (TPSA) is 219 Å². The van der Waals surface area contributed by atoms with Crippen molar-refractivity contribution in [3.05, 3.63) is 205 Å². The van der Waals surface area contributed by atoms with E-state index in [1.54, 1.807) is 57.3 Å². The van der Waals surface area contributed by atoms with Crippen LogP contribution in [0.2, 0.25) is 20.1 Å². The molecule has 1 unspecified atom stereocenters. The lowest BCUT2D eigenvalue weighted by molar-refractivity contribution is 0.0158. The molecule has 3 heterocycles. The van der Waals surface area contributed by atoms with E-state index in [1.807, 2.05) is 191 Å². The number of nitrogens with zero attached hydrogens (tertiary/aromatic N) is 4. The normalized spacial score (nSPS) is 15.6. The summed E-state index contributed by atoms with van der Waals surface area (Å²) < 4.78 is 50.7. The minimum absolute atomic E-state index is 0.0150. The highest BCUT2D eigenvalue weighted by atomic mass is 79.9. The van der Waals surface area contributed by atoms with Crippen LogP contribution in [0.5, 0.6) is 0 Å². The van der Waals surface area contributed by atoms with Gasteiger partial charge < -0.3 is 29.2 Å². The molecule has 114 heavy (non-hydrogen) atoms. The van der Waals surface area contributed by atoms with E-state index in [4.69, 9.17) is 75.6 Å².